The number of hydrogen-bond donors (Lipinski definition) is 0. The van der Waals surface area contributed by atoms with E-state index >= 15 is 0 Å². The molecule has 146 valence electrons. The molecule has 2 aliphatic heterocycles. The predicted octanol–water partition coefficient (Wildman–Crippen LogP) is 2.01. The fourth-order valence-electron chi connectivity index (χ4n) is 4.04. The van der Waals surface area contributed by atoms with E-state index in [1.165, 1.54) is 0 Å². The van der Waals surface area contributed by atoms with E-state index in [0.717, 1.165) is 51.2 Å². The number of hydrogen-bond acceptors (Lipinski definition) is 5. The van der Waals surface area contributed by atoms with E-state index < -0.39 is 0 Å². The molecule has 2 fully saturated rings. The number of carbonyl (C=O) groups excluding carboxylic acids is 1. The van der Waals surface area contributed by atoms with Gasteiger partial charge in [0.05, 0.1) is 25.5 Å². The average molecular weight is 372 g/mol. The Hall–Kier alpha value is -2.12. The maximum absolute atomic E-state index is 13.1. The molecule has 27 heavy (non-hydrogen) atoms. The molecule has 2 aromatic rings. The van der Waals surface area contributed by atoms with Gasteiger partial charge in [-0.25, -0.2) is 0 Å². The van der Waals surface area contributed by atoms with Gasteiger partial charge in [-0.05, 0) is 50.6 Å². The largest absolute Gasteiger partial charge is 0.468 e. The first-order valence-electron chi connectivity index (χ1n) is 9.90. The van der Waals surface area contributed by atoms with Gasteiger partial charge in [0.1, 0.15) is 5.76 Å². The average Bonchev–Trinajstić information content (AvgIpc) is 3.33. The maximum Gasteiger partial charge on any atom is 0.225 e. The van der Waals surface area contributed by atoms with Crippen molar-refractivity contribution in [2.45, 2.75) is 38.5 Å². The van der Waals surface area contributed by atoms with Gasteiger partial charge in [0.2, 0.25) is 5.91 Å². The summed E-state index contributed by atoms with van der Waals surface area (Å²) in [4.78, 5) is 17.5. The molecule has 2 aliphatic rings. The summed E-state index contributed by atoms with van der Waals surface area (Å²) >= 11 is 0. The molecule has 0 spiro atoms. The Bertz CT molecular complexity index is 693. The highest BCUT2D eigenvalue weighted by Gasteiger charge is 2.31. The Balaban J connectivity index is 1.29. The van der Waals surface area contributed by atoms with Crippen molar-refractivity contribution < 1.29 is 13.9 Å². The van der Waals surface area contributed by atoms with Gasteiger partial charge < -0.3 is 14.1 Å². The lowest BCUT2D eigenvalue weighted by Gasteiger charge is -2.34. The molecule has 0 aliphatic carbocycles. The topological polar surface area (TPSA) is 63.7 Å². The van der Waals surface area contributed by atoms with Gasteiger partial charge in [0.25, 0.3) is 0 Å². The monoisotopic (exact) mass is 372 g/mol. The lowest BCUT2D eigenvalue weighted by Crippen LogP contribution is -2.45. The second-order valence-corrected chi connectivity index (χ2v) is 7.49. The van der Waals surface area contributed by atoms with Crippen molar-refractivity contribution in [1.82, 2.24) is 19.6 Å². The van der Waals surface area contributed by atoms with Crippen LogP contribution in [0, 0.1) is 5.92 Å². The molecule has 1 atom stereocenters. The first kappa shape index (κ1) is 18.3. The van der Waals surface area contributed by atoms with Crippen molar-refractivity contribution in [1.29, 1.82) is 0 Å². The van der Waals surface area contributed by atoms with Crippen LogP contribution in [0.25, 0.3) is 0 Å². The van der Waals surface area contributed by atoms with Gasteiger partial charge in [-0.3, -0.25) is 14.4 Å². The molecule has 0 unspecified atom stereocenters. The Kier molecular flexibility index (Phi) is 5.89. The number of piperidine rings is 1. The molecule has 0 radical (unpaired) electrons. The molecule has 2 aromatic heterocycles. The van der Waals surface area contributed by atoms with Crippen molar-refractivity contribution in [3.63, 3.8) is 0 Å². The fraction of sp³-hybridized carbons (Fsp3) is 0.600. The molecule has 7 nitrogen and oxygen atoms in total. The van der Waals surface area contributed by atoms with Gasteiger partial charge in [0.15, 0.2) is 0 Å². The van der Waals surface area contributed by atoms with Crippen LogP contribution in [0.5, 0.6) is 0 Å². The number of nitrogens with zero attached hydrogens (tertiary/aromatic N) is 4. The van der Waals surface area contributed by atoms with Crippen LogP contribution in [0.2, 0.25) is 0 Å². The molecule has 7 heteroatoms. The molecule has 0 saturated carbocycles. The number of amides is 1. The molecule has 1 amide bonds. The van der Waals surface area contributed by atoms with Gasteiger partial charge in [-0.15, -0.1) is 0 Å². The van der Waals surface area contributed by atoms with Crippen LogP contribution in [0.3, 0.4) is 0 Å². The van der Waals surface area contributed by atoms with Gasteiger partial charge in [-0.1, -0.05) is 0 Å². The van der Waals surface area contributed by atoms with Gasteiger partial charge >= 0.3 is 0 Å². The van der Waals surface area contributed by atoms with Crippen molar-refractivity contribution in [3.05, 3.63) is 42.6 Å². The van der Waals surface area contributed by atoms with Crippen molar-refractivity contribution in [3.8, 4) is 0 Å². The Labute approximate surface area is 159 Å². The van der Waals surface area contributed by atoms with E-state index in [0.29, 0.717) is 25.6 Å². The zero-order valence-electron chi connectivity index (χ0n) is 15.7. The Morgan fingerprint density at radius 2 is 2.11 bits per heavy atom. The van der Waals surface area contributed by atoms with Crippen LogP contribution in [0.4, 0.5) is 0 Å². The highest BCUT2D eigenvalue weighted by molar-refractivity contribution is 5.79. The lowest BCUT2D eigenvalue weighted by atomic mass is 9.95. The van der Waals surface area contributed by atoms with E-state index in [2.05, 4.69) is 10.00 Å². The zero-order valence-corrected chi connectivity index (χ0v) is 15.7. The number of ether oxygens (including phenoxy) is 1. The summed E-state index contributed by atoms with van der Waals surface area (Å²) in [6, 6.07) is 5.84. The molecule has 0 aromatic carbocycles. The smallest absolute Gasteiger partial charge is 0.225 e. The number of furan rings is 1. The molecule has 4 rings (SSSR count). The van der Waals surface area contributed by atoms with Gasteiger partial charge in [-0.2, -0.15) is 5.10 Å². The summed E-state index contributed by atoms with van der Waals surface area (Å²) in [6.45, 7) is 5.57. The van der Waals surface area contributed by atoms with Crippen LogP contribution in [0.15, 0.2) is 41.3 Å². The summed E-state index contributed by atoms with van der Waals surface area (Å²) in [6.07, 6.45) is 8.17. The quantitative estimate of drug-likeness (QED) is 0.803. The van der Waals surface area contributed by atoms with Crippen LogP contribution in [-0.4, -0.2) is 64.4 Å². The molecule has 2 saturated heterocycles. The minimum absolute atomic E-state index is 0.00962. The Morgan fingerprint density at radius 1 is 1.22 bits per heavy atom. The summed E-state index contributed by atoms with van der Waals surface area (Å²) in [5, 5.41) is 4.26. The van der Waals surface area contributed by atoms with Crippen LogP contribution >= 0.6 is 0 Å². The SMILES string of the molecule is O=C(C1CCN(Cc2ccco2)CC1)N1CCCO[C@H](Cn2cccn2)C1. The third kappa shape index (κ3) is 4.78. The standard InChI is InChI=1S/C20H28N4O3/c25-20(17-5-10-22(11-6-17)14-18-4-1-12-26-18)23-8-3-13-27-19(15-23)16-24-9-2-7-21-24/h1-2,4,7,9,12,17,19H,3,5-6,8,10-11,13-16H2/t19-/m0/s1. The Morgan fingerprint density at radius 3 is 2.85 bits per heavy atom. The summed E-state index contributed by atoms with van der Waals surface area (Å²) in [5.74, 6) is 1.41. The molecule has 4 heterocycles. The first-order valence-corrected chi connectivity index (χ1v) is 9.90. The first-order chi connectivity index (χ1) is 13.3. The van der Waals surface area contributed by atoms with Crippen molar-refractivity contribution in [2.24, 2.45) is 5.92 Å². The number of likely N-dealkylation sites (tertiary alicyclic amines) is 1. The minimum atomic E-state index is 0.00962. The van der Waals surface area contributed by atoms with E-state index in [9.17, 15) is 4.79 Å². The van der Waals surface area contributed by atoms with Crippen LogP contribution in [-0.2, 0) is 22.6 Å². The van der Waals surface area contributed by atoms with Gasteiger partial charge in [0, 0.05) is 38.0 Å². The number of rotatable bonds is 5. The second kappa shape index (κ2) is 8.71. The highest BCUT2D eigenvalue weighted by Crippen LogP contribution is 2.22. The van der Waals surface area contributed by atoms with E-state index in [1.807, 2.05) is 34.0 Å². The lowest BCUT2D eigenvalue weighted by molar-refractivity contribution is -0.138. The fourth-order valence-corrected chi connectivity index (χ4v) is 4.04. The third-order valence-electron chi connectivity index (χ3n) is 5.51. The number of carbonyl (C=O) groups is 1. The van der Waals surface area contributed by atoms with E-state index in [1.54, 1.807) is 12.5 Å². The van der Waals surface area contributed by atoms with Crippen LogP contribution in [0.1, 0.15) is 25.0 Å². The third-order valence-corrected chi connectivity index (χ3v) is 5.51. The number of aromatic nitrogens is 2. The summed E-state index contributed by atoms with van der Waals surface area (Å²) in [5.41, 5.74) is 0. The predicted molar refractivity (Wildman–Crippen MR) is 99.9 cm³/mol. The summed E-state index contributed by atoms with van der Waals surface area (Å²) in [7, 11) is 0. The van der Waals surface area contributed by atoms with E-state index in [-0.39, 0.29) is 12.0 Å². The van der Waals surface area contributed by atoms with E-state index in [4.69, 9.17) is 9.15 Å². The maximum atomic E-state index is 13.1. The molecular formula is C20H28N4O3. The van der Waals surface area contributed by atoms with Crippen molar-refractivity contribution in [2.75, 3.05) is 32.8 Å². The highest BCUT2D eigenvalue weighted by atomic mass is 16.5. The molecular weight excluding hydrogens is 344 g/mol. The minimum Gasteiger partial charge on any atom is -0.468 e. The zero-order chi connectivity index (χ0) is 18.5. The molecule has 0 bridgehead atoms. The second-order valence-electron chi connectivity index (χ2n) is 7.49. The van der Waals surface area contributed by atoms with Crippen LogP contribution < -0.4 is 0 Å². The normalized spacial score (nSPS) is 22.7. The molecule has 0 N–H and O–H groups in total. The summed E-state index contributed by atoms with van der Waals surface area (Å²) < 4.78 is 13.3. The van der Waals surface area contributed by atoms with Crippen molar-refractivity contribution >= 4 is 5.91 Å².